The molecule has 1 aliphatic carbocycles. The number of nitrogens with one attached hydrogen (secondary N) is 2. The molecule has 2 aliphatic heterocycles. The van der Waals surface area contributed by atoms with Gasteiger partial charge in [-0.05, 0) is 113 Å². The summed E-state index contributed by atoms with van der Waals surface area (Å²) in [4.78, 5) is 27.5. The van der Waals surface area contributed by atoms with Crippen LogP contribution in [0.15, 0.2) is 30.3 Å². The first-order valence-corrected chi connectivity index (χ1v) is 17.3. The molecule has 12 heteroatoms. The van der Waals surface area contributed by atoms with Crippen molar-refractivity contribution < 1.29 is 22.7 Å². The van der Waals surface area contributed by atoms with Crippen LogP contribution in [-0.4, -0.2) is 78.6 Å². The molecular weight excluding hydrogens is 619 g/mol. The number of nitrogen functional groups attached to an aromatic ring is 1. The largest absolute Gasteiger partial charge is 0.496 e. The summed E-state index contributed by atoms with van der Waals surface area (Å²) in [5, 5.41) is 7.54. The third kappa shape index (κ3) is 7.80. The molecule has 2 aromatic carbocycles. The number of amides is 1. The second kappa shape index (κ2) is 14.5. The molecule has 3 fully saturated rings. The number of hydrogen-bond acceptors (Lipinski definition) is 8. The number of ether oxygens (including phenoxy) is 1. The number of benzene rings is 2. The van der Waals surface area contributed by atoms with Gasteiger partial charge in [0.05, 0.1) is 24.2 Å². The van der Waals surface area contributed by atoms with Gasteiger partial charge in [-0.25, -0.2) is 9.97 Å². The highest BCUT2D eigenvalue weighted by Gasteiger charge is 2.34. The van der Waals surface area contributed by atoms with Gasteiger partial charge < -0.3 is 26.0 Å². The maximum atomic E-state index is 13.6. The van der Waals surface area contributed by atoms with E-state index in [9.17, 15) is 18.0 Å². The minimum Gasteiger partial charge on any atom is -0.496 e. The number of nitrogens with zero attached hydrogens (tertiary/aromatic N) is 4. The molecule has 2 saturated heterocycles. The fourth-order valence-electron chi connectivity index (χ4n) is 7.76. The fraction of sp³-hybridized carbons (Fsp3) is 0.583. The Bertz CT molecular complexity index is 1590. The van der Waals surface area contributed by atoms with Gasteiger partial charge in [0.2, 0.25) is 5.91 Å². The average molecular weight is 668 g/mol. The molecule has 3 aliphatic rings. The molecule has 4 N–H and O–H groups in total. The predicted octanol–water partition coefficient (Wildman–Crippen LogP) is 6.14. The zero-order chi connectivity index (χ0) is 34.0. The van der Waals surface area contributed by atoms with Gasteiger partial charge in [-0.15, -0.1) is 0 Å². The van der Waals surface area contributed by atoms with Crippen molar-refractivity contribution in [3.05, 3.63) is 52.8 Å². The lowest BCUT2D eigenvalue weighted by Crippen LogP contribution is -2.52. The quantitative estimate of drug-likeness (QED) is 0.246. The Hall–Kier alpha value is -3.64. The third-order valence-electron chi connectivity index (χ3n) is 10.5. The lowest BCUT2D eigenvalue weighted by Gasteiger charge is -2.39. The van der Waals surface area contributed by atoms with Gasteiger partial charge in [0.1, 0.15) is 17.4 Å². The molecule has 48 heavy (non-hydrogen) atoms. The number of alkyl halides is 3. The van der Waals surface area contributed by atoms with Crippen molar-refractivity contribution in [2.75, 3.05) is 64.0 Å². The van der Waals surface area contributed by atoms with Crippen molar-refractivity contribution in [1.29, 1.82) is 0 Å². The predicted molar refractivity (Wildman–Crippen MR) is 182 cm³/mol. The number of piperidine rings is 1. The Labute approximate surface area is 280 Å². The van der Waals surface area contributed by atoms with Gasteiger partial charge in [0, 0.05) is 55.8 Å². The van der Waals surface area contributed by atoms with Gasteiger partial charge in [-0.1, -0.05) is 0 Å². The van der Waals surface area contributed by atoms with Crippen LogP contribution >= 0.6 is 0 Å². The van der Waals surface area contributed by atoms with Crippen LogP contribution in [0.4, 0.5) is 24.7 Å². The normalized spacial score (nSPS) is 22.1. The van der Waals surface area contributed by atoms with Gasteiger partial charge in [-0.2, -0.15) is 13.2 Å². The van der Waals surface area contributed by atoms with Crippen LogP contribution in [0.25, 0.3) is 10.9 Å². The summed E-state index contributed by atoms with van der Waals surface area (Å²) < 4.78 is 46.4. The van der Waals surface area contributed by atoms with E-state index in [0.717, 1.165) is 106 Å². The molecule has 3 aromatic rings. The molecule has 1 atom stereocenters. The number of carbonyl (C=O) groups is 1. The molecule has 9 nitrogen and oxygen atoms in total. The Kier molecular flexibility index (Phi) is 10.3. The van der Waals surface area contributed by atoms with Crippen molar-refractivity contribution in [3.8, 4) is 5.75 Å². The zero-order valence-electron chi connectivity index (χ0n) is 28.2. The molecule has 0 radical (unpaired) electrons. The smallest absolute Gasteiger partial charge is 0.416 e. The second-order valence-corrected chi connectivity index (χ2v) is 13.9. The minimum absolute atomic E-state index is 0.0348. The maximum absolute atomic E-state index is 13.6. The number of halogens is 3. The summed E-state index contributed by atoms with van der Waals surface area (Å²) in [5.74, 6) is 3.09. The first kappa shape index (κ1) is 34.2. The van der Waals surface area contributed by atoms with E-state index in [1.165, 1.54) is 12.8 Å². The lowest BCUT2D eigenvalue weighted by molar-refractivity contribution is -0.139. The van der Waals surface area contributed by atoms with E-state index >= 15 is 0 Å². The lowest BCUT2D eigenvalue weighted by atomic mass is 9.77. The van der Waals surface area contributed by atoms with E-state index < -0.39 is 17.8 Å². The van der Waals surface area contributed by atoms with Crippen molar-refractivity contribution in [3.63, 3.8) is 0 Å². The van der Waals surface area contributed by atoms with Gasteiger partial charge in [-0.3, -0.25) is 9.69 Å². The summed E-state index contributed by atoms with van der Waals surface area (Å²) in [7, 11) is 1.65. The first-order chi connectivity index (χ1) is 23.0. The van der Waals surface area contributed by atoms with E-state index in [2.05, 4.69) is 36.5 Å². The van der Waals surface area contributed by atoms with Crippen LogP contribution < -0.4 is 21.1 Å². The number of methoxy groups -OCH3 is 1. The van der Waals surface area contributed by atoms with Crippen molar-refractivity contribution >= 4 is 28.3 Å². The maximum Gasteiger partial charge on any atom is 0.416 e. The number of piperazine rings is 1. The van der Waals surface area contributed by atoms with Crippen LogP contribution in [0.3, 0.4) is 0 Å². The average Bonchev–Trinajstić information content (AvgIpc) is 3.07. The highest BCUT2D eigenvalue weighted by Crippen LogP contribution is 2.43. The van der Waals surface area contributed by atoms with Crippen LogP contribution in [0.2, 0.25) is 0 Å². The molecule has 0 spiro atoms. The number of fused-ring (bicyclic) bond motifs is 1. The van der Waals surface area contributed by atoms with Crippen LogP contribution in [0.1, 0.15) is 79.9 Å². The fourth-order valence-corrected chi connectivity index (χ4v) is 7.76. The topological polar surface area (TPSA) is 109 Å². The summed E-state index contributed by atoms with van der Waals surface area (Å²) >= 11 is 0. The molecule has 1 amide bonds. The number of rotatable bonds is 8. The molecule has 1 aromatic heterocycles. The number of hydrogen-bond donors (Lipinski definition) is 3. The molecule has 3 heterocycles. The number of aryl methyl sites for hydroxylation is 1. The molecule has 0 bridgehead atoms. The van der Waals surface area contributed by atoms with Crippen molar-refractivity contribution in [2.24, 2.45) is 11.8 Å². The van der Waals surface area contributed by atoms with Crippen LogP contribution in [0.5, 0.6) is 5.75 Å². The van der Waals surface area contributed by atoms with E-state index in [1.807, 2.05) is 6.07 Å². The van der Waals surface area contributed by atoms with E-state index in [4.69, 9.17) is 10.5 Å². The number of carbonyl (C=O) groups excluding carboxylic acids is 1. The Morgan fingerprint density at radius 2 is 1.73 bits per heavy atom. The van der Waals surface area contributed by atoms with Gasteiger partial charge >= 0.3 is 6.18 Å². The van der Waals surface area contributed by atoms with Crippen molar-refractivity contribution in [1.82, 2.24) is 25.1 Å². The molecule has 6 rings (SSSR count). The second-order valence-electron chi connectivity index (χ2n) is 13.9. The molecule has 1 saturated carbocycles. The number of aromatic nitrogens is 2. The van der Waals surface area contributed by atoms with Crippen LogP contribution in [0, 0.1) is 18.8 Å². The van der Waals surface area contributed by atoms with E-state index in [0.29, 0.717) is 28.6 Å². The highest BCUT2D eigenvalue weighted by atomic mass is 19.4. The van der Waals surface area contributed by atoms with Gasteiger partial charge in [0.25, 0.3) is 0 Å². The van der Waals surface area contributed by atoms with E-state index in [1.54, 1.807) is 27.0 Å². The molecular formula is C36H48F3N7O2. The van der Waals surface area contributed by atoms with Crippen molar-refractivity contribution in [2.45, 2.75) is 70.5 Å². The summed E-state index contributed by atoms with van der Waals surface area (Å²) in [6.07, 6.45) is 1.35. The Morgan fingerprint density at radius 3 is 2.40 bits per heavy atom. The number of anilines is 2. The minimum atomic E-state index is -4.50. The third-order valence-corrected chi connectivity index (χ3v) is 10.5. The van der Waals surface area contributed by atoms with Gasteiger partial charge in [0.15, 0.2) is 0 Å². The standard InChI is InChI=1S/C36H48F3N7O2/c1-22(27-16-28(36(37,38)39)18-29(40)17-27)42-34-31-19-30(33(48-3)20-32(31)43-23(2)44-34)25-4-6-26(7-5-25)35(47)46-14-12-45(13-15-46)21-24-8-10-41-11-9-24/h16-20,22,24-26,41H,4-15,21,40H2,1-3H3,(H,42,43,44)/t22-,25?,26?/m1/s1. The first-order valence-electron chi connectivity index (χ1n) is 17.3. The monoisotopic (exact) mass is 667 g/mol. The zero-order valence-corrected chi connectivity index (χ0v) is 28.2. The molecule has 260 valence electrons. The summed E-state index contributed by atoms with van der Waals surface area (Å²) in [5.41, 5.74) is 7.24. The van der Waals surface area contributed by atoms with E-state index in [-0.39, 0.29) is 17.5 Å². The summed E-state index contributed by atoms with van der Waals surface area (Å²) in [6, 6.07) is 7.07. The summed E-state index contributed by atoms with van der Waals surface area (Å²) in [6.45, 7) is 10.5. The Balaban J connectivity index is 1.13. The number of nitrogens with two attached hydrogens (primary N) is 1. The SMILES string of the molecule is COc1cc2nc(C)nc(N[C@H](C)c3cc(N)cc(C(F)(F)F)c3)c2cc1C1CCC(C(=O)N2CCN(CC3CCNCC3)CC2)CC1. The Morgan fingerprint density at radius 1 is 1.02 bits per heavy atom. The van der Waals surface area contributed by atoms with Crippen LogP contribution in [-0.2, 0) is 11.0 Å². The molecule has 0 unspecified atom stereocenters. The highest BCUT2D eigenvalue weighted by molar-refractivity contribution is 5.91.